The van der Waals surface area contributed by atoms with E-state index in [9.17, 15) is 4.39 Å². The van der Waals surface area contributed by atoms with Crippen LogP contribution in [0.4, 0.5) is 10.1 Å². The van der Waals surface area contributed by atoms with Crippen molar-refractivity contribution in [1.82, 2.24) is 20.2 Å². The third kappa shape index (κ3) is 6.21. The molecule has 2 aromatic rings. The molecule has 1 fully saturated rings. The molecule has 1 aliphatic rings. The zero-order valence-electron chi connectivity index (χ0n) is 18.2. The number of hydrogen-bond donors (Lipinski definition) is 1. The molecule has 0 amide bonds. The Kier molecular flexibility index (Phi) is 7.19. The second-order valence-corrected chi connectivity index (χ2v) is 8.98. The van der Waals surface area contributed by atoms with Gasteiger partial charge >= 0.3 is 0 Å². The Morgan fingerprint density at radius 2 is 1.86 bits per heavy atom. The number of nitrogens with zero attached hydrogens (tertiary/aromatic N) is 4. The van der Waals surface area contributed by atoms with E-state index in [0.29, 0.717) is 6.54 Å². The molecule has 29 heavy (non-hydrogen) atoms. The molecule has 1 aliphatic heterocycles. The topological polar surface area (TPSA) is 44.3 Å². The van der Waals surface area contributed by atoms with Crippen molar-refractivity contribution in [3.05, 3.63) is 53.4 Å². The van der Waals surface area contributed by atoms with Gasteiger partial charge in [-0.1, -0.05) is 26.8 Å². The van der Waals surface area contributed by atoms with Crippen molar-refractivity contribution in [3.63, 3.8) is 0 Å². The Morgan fingerprint density at radius 1 is 1.10 bits per heavy atom. The number of hydrogen-bond acceptors (Lipinski definition) is 5. The molecule has 1 N–H and O–H groups in total. The van der Waals surface area contributed by atoms with Crippen LogP contribution in [0.3, 0.4) is 0 Å². The highest BCUT2D eigenvalue weighted by molar-refractivity contribution is 5.49. The van der Waals surface area contributed by atoms with Crippen LogP contribution in [-0.2, 0) is 18.4 Å². The number of nitrogens with one attached hydrogen (secondary N) is 1. The van der Waals surface area contributed by atoms with Crippen LogP contribution in [0.25, 0.3) is 0 Å². The van der Waals surface area contributed by atoms with Gasteiger partial charge in [-0.2, -0.15) is 0 Å². The van der Waals surface area contributed by atoms with Gasteiger partial charge in [0.05, 0.1) is 5.69 Å². The fourth-order valence-electron chi connectivity index (χ4n) is 3.49. The summed E-state index contributed by atoms with van der Waals surface area (Å²) in [4.78, 5) is 13.5. The third-order valence-corrected chi connectivity index (χ3v) is 5.36. The lowest BCUT2D eigenvalue weighted by atomic mass is 9.95. The van der Waals surface area contributed by atoms with Gasteiger partial charge in [0.2, 0.25) is 0 Å². The lowest BCUT2D eigenvalue weighted by molar-refractivity contribution is 0.311. The summed E-state index contributed by atoms with van der Waals surface area (Å²) in [6.07, 6.45) is 3.75. The zero-order chi connectivity index (χ0) is 20.9. The minimum absolute atomic E-state index is 0.0331. The smallest absolute Gasteiger partial charge is 0.146 e. The molecule has 0 atom stereocenters. The first-order valence-corrected chi connectivity index (χ1v) is 10.6. The molecule has 0 bridgehead atoms. The molecule has 0 spiro atoms. The summed E-state index contributed by atoms with van der Waals surface area (Å²) in [6, 6.07) is 7.61. The van der Waals surface area contributed by atoms with Crippen molar-refractivity contribution in [3.8, 4) is 0 Å². The van der Waals surface area contributed by atoms with Gasteiger partial charge in [0.15, 0.2) is 0 Å². The maximum Gasteiger partial charge on any atom is 0.146 e. The lowest BCUT2D eigenvalue weighted by Gasteiger charge is -2.34. The molecule has 158 valence electrons. The van der Waals surface area contributed by atoms with Crippen LogP contribution in [0.5, 0.6) is 0 Å². The number of halogens is 1. The first-order chi connectivity index (χ1) is 13.8. The van der Waals surface area contributed by atoms with E-state index in [4.69, 9.17) is 0 Å². The van der Waals surface area contributed by atoms with E-state index in [-0.39, 0.29) is 11.2 Å². The van der Waals surface area contributed by atoms with Crippen molar-refractivity contribution in [1.29, 1.82) is 0 Å². The van der Waals surface area contributed by atoms with E-state index in [2.05, 4.69) is 52.9 Å². The van der Waals surface area contributed by atoms with Gasteiger partial charge < -0.3 is 15.1 Å². The molecular formula is C23H34FN5. The number of rotatable bonds is 7. The van der Waals surface area contributed by atoms with Crippen molar-refractivity contribution >= 4 is 5.69 Å². The monoisotopic (exact) mass is 399 g/mol. The highest BCUT2D eigenvalue weighted by atomic mass is 19.1. The van der Waals surface area contributed by atoms with Crippen molar-refractivity contribution in [2.75, 3.05) is 44.7 Å². The Bertz CT molecular complexity index is 794. The summed E-state index contributed by atoms with van der Waals surface area (Å²) in [5.74, 6) is 0.767. The number of likely N-dealkylation sites (N-methyl/N-ethyl adjacent to an activating group) is 1. The standard InChI is InChI=1S/C23H34FN5/c1-23(2,3)22-26-11-9-19(27-22)6-5-10-25-17-18-7-8-21(20(24)16-18)29-14-12-28(4)13-15-29/h7-9,11,16,25H,5-6,10,12-15,17H2,1-4H3. The van der Waals surface area contributed by atoms with Crippen LogP contribution in [0.1, 0.15) is 44.3 Å². The Hall–Kier alpha value is -2.05. The lowest BCUT2D eigenvalue weighted by Crippen LogP contribution is -2.44. The van der Waals surface area contributed by atoms with Crippen molar-refractivity contribution in [2.24, 2.45) is 0 Å². The van der Waals surface area contributed by atoms with Crippen LogP contribution >= 0.6 is 0 Å². The van der Waals surface area contributed by atoms with Crippen LogP contribution in [0.15, 0.2) is 30.5 Å². The van der Waals surface area contributed by atoms with E-state index in [1.54, 1.807) is 6.07 Å². The molecule has 5 nitrogen and oxygen atoms in total. The van der Waals surface area contributed by atoms with Gasteiger partial charge in [-0.3, -0.25) is 0 Å². The minimum Gasteiger partial charge on any atom is -0.367 e. The van der Waals surface area contributed by atoms with E-state index < -0.39 is 0 Å². The summed E-state index contributed by atoms with van der Waals surface area (Å²) in [5, 5.41) is 3.42. The number of benzene rings is 1. The number of aromatic nitrogens is 2. The zero-order valence-corrected chi connectivity index (χ0v) is 18.2. The van der Waals surface area contributed by atoms with Gasteiger partial charge in [0.1, 0.15) is 11.6 Å². The highest BCUT2D eigenvalue weighted by Gasteiger charge is 2.18. The highest BCUT2D eigenvalue weighted by Crippen LogP contribution is 2.22. The molecule has 1 aromatic heterocycles. The van der Waals surface area contributed by atoms with Gasteiger partial charge in [-0.05, 0) is 50.2 Å². The third-order valence-electron chi connectivity index (χ3n) is 5.36. The molecule has 2 heterocycles. The quantitative estimate of drug-likeness (QED) is 0.723. The van der Waals surface area contributed by atoms with Crippen LogP contribution in [-0.4, -0.2) is 54.6 Å². The Morgan fingerprint density at radius 3 is 2.55 bits per heavy atom. The molecule has 1 aromatic carbocycles. The predicted molar refractivity (Wildman–Crippen MR) is 117 cm³/mol. The molecule has 3 rings (SSSR count). The van der Waals surface area contributed by atoms with Gasteiger partial charge in [0, 0.05) is 50.0 Å². The SMILES string of the molecule is CN1CCN(c2ccc(CNCCCc3ccnc(C(C)(C)C)n3)cc2F)CC1. The first kappa shape index (κ1) is 21.7. The number of anilines is 1. The Balaban J connectivity index is 1.43. The molecule has 1 saturated heterocycles. The predicted octanol–water partition coefficient (Wildman–Crippen LogP) is 3.39. The second-order valence-electron chi connectivity index (χ2n) is 8.98. The molecule has 6 heteroatoms. The van der Waals surface area contributed by atoms with E-state index in [0.717, 1.165) is 68.3 Å². The summed E-state index contributed by atoms with van der Waals surface area (Å²) in [7, 11) is 2.11. The number of piperazine rings is 1. The summed E-state index contributed by atoms with van der Waals surface area (Å²) in [6.45, 7) is 11.6. The first-order valence-electron chi connectivity index (χ1n) is 10.6. The van der Waals surface area contributed by atoms with E-state index in [1.165, 1.54) is 0 Å². The molecule has 0 unspecified atom stereocenters. The molecule has 0 radical (unpaired) electrons. The average Bonchev–Trinajstić information content (AvgIpc) is 2.68. The van der Waals surface area contributed by atoms with Crippen LogP contribution in [0.2, 0.25) is 0 Å². The van der Waals surface area contributed by atoms with Gasteiger partial charge in [-0.15, -0.1) is 0 Å². The number of aryl methyl sites for hydroxylation is 1. The largest absolute Gasteiger partial charge is 0.367 e. The minimum atomic E-state index is -0.121. The van der Waals surface area contributed by atoms with Crippen LogP contribution < -0.4 is 10.2 Å². The summed E-state index contributed by atoms with van der Waals surface area (Å²) >= 11 is 0. The molecular weight excluding hydrogens is 365 g/mol. The fraction of sp³-hybridized carbons (Fsp3) is 0.565. The summed E-state index contributed by atoms with van der Waals surface area (Å²) < 4.78 is 14.6. The maximum absolute atomic E-state index is 14.6. The van der Waals surface area contributed by atoms with Crippen molar-refractivity contribution < 1.29 is 4.39 Å². The Labute approximate surface area is 174 Å². The van der Waals surface area contributed by atoms with Gasteiger partial charge in [0.25, 0.3) is 0 Å². The average molecular weight is 400 g/mol. The summed E-state index contributed by atoms with van der Waals surface area (Å²) in [5.41, 5.74) is 2.75. The van der Waals surface area contributed by atoms with Crippen LogP contribution in [0, 0.1) is 5.82 Å². The molecule has 0 saturated carbocycles. The van der Waals surface area contributed by atoms with Crippen molar-refractivity contribution in [2.45, 2.75) is 45.6 Å². The fourth-order valence-corrected chi connectivity index (χ4v) is 3.49. The normalized spacial score (nSPS) is 15.7. The van der Waals surface area contributed by atoms with E-state index >= 15 is 0 Å². The van der Waals surface area contributed by atoms with Gasteiger partial charge in [-0.25, -0.2) is 14.4 Å². The maximum atomic E-state index is 14.6. The second kappa shape index (κ2) is 9.63. The molecule has 0 aliphatic carbocycles. The van der Waals surface area contributed by atoms with E-state index in [1.807, 2.05) is 24.4 Å².